The van der Waals surface area contributed by atoms with Crippen molar-refractivity contribution in [3.8, 4) is 11.9 Å². The Balaban J connectivity index is 1.45. The summed E-state index contributed by atoms with van der Waals surface area (Å²) in [6, 6.07) is 5.57. The molecule has 0 bridgehead atoms. The van der Waals surface area contributed by atoms with Crippen LogP contribution in [0.25, 0.3) is 0 Å². The van der Waals surface area contributed by atoms with Crippen molar-refractivity contribution in [3.63, 3.8) is 0 Å². The van der Waals surface area contributed by atoms with Gasteiger partial charge in [-0.3, -0.25) is 4.90 Å². The molecule has 3 heterocycles. The van der Waals surface area contributed by atoms with E-state index < -0.39 is 0 Å². The number of likely N-dealkylation sites (tertiary alicyclic amines) is 1. The molecule has 1 aliphatic rings. The van der Waals surface area contributed by atoms with Gasteiger partial charge in [0.15, 0.2) is 5.82 Å². The fraction of sp³-hybridized carbons (Fsp3) is 0.556. The van der Waals surface area contributed by atoms with Gasteiger partial charge in [-0.2, -0.15) is 10.2 Å². The number of pyridine rings is 1. The normalized spacial score (nSPS) is 16.1. The van der Waals surface area contributed by atoms with Crippen molar-refractivity contribution in [3.05, 3.63) is 35.6 Å². The van der Waals surface area contributed by atoms with Crippen LogP contribution >= 0.6 is 0 Å². The van der Waals surface area contributed by atoms with Crippen molar-refractivity contribution >= 4 is 0 Å². The minimum Gasteiger partial charge on any atom is -0.476 e. The van der Waals surface area contributed by atoms with Crippen LogP contribution in [0.4, 0.5) is 0 Å². The first kappa shape index (κ1) is 17.4. The number of ether oxygens (including phenoxy) is 1. The lowest BCUT2D eigenvalue weighted by atomic mass is 9.98. The Morgan fingerprint density at radius 2 is 2.20 bits per heavy atom. The minimum absolute atomic E-state index is 0.283. The maximum Gasteiger partial charge on any atom is 0.240 e. The van der Waals surface area contributed by atoms with Crippen molar-refractivity contribution in [1.29, 1.82) is 5.26 Å². The molecule has 2 aromatic heterocycles. The molecular weight excluding hydrogens is 318 g/mol. The number of piperidine rings is 1. The maximum absolute atomic E-state index is 9.07. The van der Waals surface area contributed by atoms with Crippen LogP contribution in [-0.2, 0) is 6.54 Å². The van der Waals surface area contributed by atoms with Crippen LogP contribution in [0.1, 0.15) is 49.9 Å². The van der Waals surface area contributed by atoms with Gasteiger partial charge in [0, 0.05) is 12.1 Å². The number of hydrogen-bond donors (Lipinski definition) is 0. The second kappa shape index (κ2) is 8.08. The van der Waals surface area contributed by atoms with Crippen molar-refractivity contribution in [2.45, 2.75) is 39.2 Å². The molecule has 0 aliphatic carbocycles. The SMILES string of the molecule is CC(C)c1noc(CN2CCC(COc3ncccc3C#N)CC2)n1. The minimum atomic E-state index is 0.283. The van der Waals surface area contributed by atoms with Gasteiger partial charge in [-0.25, -0.2) is 4.98 Å². The van der Waals surface area contributed by atoms with E-state index in [-0.39, 0.29) is 5.92 Å². The topological polar surface area (TPSA) is 88.1 Å². The summed E-state index contributed by atoms with van der Waals surface area (Å²) in [4.78, 5) is 10.9. The lowest BCUT2D eigenvalue weighted by molar-refractivity contribution is 0.125. The first-order valence-electron chi connectivity index (χ1n) is 8.68. The van der Waals surface area contributed by atoms with Gasteiger partial charge in [-0.1, -0.05) is 19.0 Å². The first-order valence-corrected chi connectivity index (χ1v) is 8.68. The Labute approximate surface area is 147 Å². The molecule has 7 heteroatoms. The molecule has 3 rings (SSSR count). The van der Waals surface area contributed by atoms with Crippen LogP contribution in [0.2, 0.25) is 0 Å². The predicted octanol–water partition coefficient (Wildman–Crippen LogP) is 2.75. The molecule has 0 spiro atoms. The summed E-state index contributed by atoms with van der Waals surface area (Å²) < 4.78 is 11.1. The van der Waals surface area contributed by atoms with E-state index in [1.807, 2.05) is 0 Å². The smallest absolute Gasteiger partial charge is 0.240 e. The first-order chi connectivity index (χ1) is 12.2. The third-order valence-corrected chi connectivity index (χ3v) is 4.41. The highest BCUT2D eigenvalue weighted by Crippen LogP contribution is 2.21. The van der Waals surface area contributed by atoms with E-state index in [0.717, 1.165) is 31.8 Å². The quantitative estimate of drug-likeness (QED) is 0.798. The van der Waals surface area contributed by atoms with Crippen molar-refractivity contribution in [1.82, 2.24) is 20.0 Å². The molecule has 0 radical (unpaired) electrons. The summed E-state index contributed by atoms with van der Waals surface area (Å²) in [7, 11) is 0. The van der Waals surface area contributed by atoms with Crippen LogP contribution in [0.5, 0.6) is 5.88 Å². The lowest BCUT2D eigenvalue weighted by Gasteiger charge is -2.30. The molecule has 1 aliphatic heterocycles. The molecule has 0 atom stereocenters. The Morgan fingerprint density at radius 1 is 1.40 bits per heavy atom. The fourth-order valence-corrected chi connectivity index (χ4v) is 2.86. The van der Waals surface area contributed by atoms with Gasteiger partial charge in [0.2, 0.25) is 11.8 Å². The van der Waals surface area contributed by atoms with Crippen LogP contribution < -0.4 is 4.74 Å². The van der Waals surface area contributed by atoms with E-state index >= 15 is 0 Å². The Kier molecular flexibility index (Phi) is 5.61. The number of nitriles is 1. The highest BCUT2D eigenvalue weighted by atomic mass is 16.5. The molecule has 132 valence electrons. The Bertz CT molecular complexity index is 729. The molecule has 0 N–H and O–H groups in total. The van der Waals surface area contributed by atoms with Gasteiger partial charge in [0.1, 0.15) is 11.6 Å². The van der Waals surface area contributed by atoms with Gasteiger partial charge in [0.25, 0.3) is 0 Å². The number of hydrogen-bond acceptors (Lipinski definition) is 7. The average Bonchev–Trinajstić information content (AvgIpc) is 3.10. The second-order valence-corrected chi connectivity index (χ2v) is 6.70. The standard InChI is InChI=1S/C18H23N5O2/c1-13(2)17-21-16(25-22-17)11-23-8-5-14(6-9-23)12-24-18-15(10-19)4-3-7-20-18/h3-4,7,13-14H,5-6,8-9,11-12H2,1-2H3. The van der Waals surface area contributed by atoms with Gasteiger partial charge in [-0.05, 0) is 44.0 Å². The molecule has 1 saturated heterocycles. The summed E-state index contributed by atoms with van der Waals surface area (Å²) in [5, 5.41) is 13.1. The highest BCUT2D eigenvalue weighted by Gasteiger charge is 2.22. The third kappa shape index (κ3) is 4.54. The molecule has 1 fully saturated rings. The lowest BCUT2D eigenvalue weighted by Crippen LogP contribution is -2.35. The van der Waals surface area contributed by atoms with Gasteiger partial charge in [0.05, 0.1) is 13.2 Å². The summed E-state index contributed by atoms with van der Waals surface area (Å²) in [5.41, 5.74) is 0.484. The van der Waals surface area contributed by atoms with E-state index in [2.05, 4.69) is 39.9 Å². The molecule has 7 nitrogen and oxygen atoms in total. The summed E-state index contributed by atoms with van der Waals surface area (Å²) in [5.74, 6) is 2.64. The molecular formula is C18H23N5O2. The molecule has 0 unspecified atom stereocenters. The number of rotatable bonds is 6. The zero-order chi connectivity index (χ0) is 17.6. The molecule has 2 aromatic rings. The molecule has 25 heavy (non-hydrogen) atoms. The summed E-state index contributed by atoms with van der Waals surface area (Å²) in [6.07, 6.45) is 3.73. The second-order valence-electron chi connectivity index (χ2n) is 6.70. The highest BCUT2D eigenvalue weighted by molar-refractivity contribution is 5.36. The molecule has 0 saturated carbocycles. The van der Waals surface area contributed by atoms with E-state index in [1.54, 1.807) is 18.3 Å². The largest absolute Gasteiger partial charge is 0.476 e. The van der Waals surface area contributed by atoms with E-state index in [4.69, 9.17) is 14.5 Å². The number of nitrogens with zero attached hydrogens (tertiary/aromatic N) is 5. The molecule has 0 aromatic carbocycles. The monoisotopic (exact) mass is 341 g/mol. The average molecular weight is 341 g/mol. The van der Waals surface area contributed by atoms with Crippen LogP contribution in [-0.4, -0.2) is 39.7 Å². The zero-order valence-corrected chi connectivity index (χ0v) is 14.7. The third-order valence-electron chi connectivity index (χ3n) is 4.41. The zero-order valence-electron chi connectivity index (χ0n) is 14.7. The van der Waals surface area contributed by atoms with Gasteiger partial charge >= 0.3 is 0 Å². The van der Waals surface area contributed by atoms with Gasteiger partial charge in [-0.15, -0.1) is 0 Å². The van der Waals surface area contributed by atoms with Crippen LogP contribution in [0, 0.1) is 17.2 Å². The van der Waals surface area contributed by atoms with Crippen molar-refractivity contribution in [2.24, 2.45) is 5.92 Å². The van der Waals surface area contributed by atoms with Crippen LogP contribution in [0.15, 0.2) is 22.9 Å². The van der Waals surface area contributed by atoms with Crippen LogP contribution in [0.3, 0.4) is 0 Å². The summed E-state index contributed by atoms with van der Waals surface area (Å²) in [6.45, 7) is 7.35. The maximum atomic E-state index is 9.07. The number of aromatic nitrogens is 3. The Morgan fingerprint density at radius 3 is 2.88 bits per heavy atom. The molecule has 0 amide bonds. The van der Waals surface area contributed by atoms with Gasteiger partial charge < -0.3 is 9.26 Å². The Hall–Kier alpha value is -2.46. The fourth-order valence-electron chi connectivity index (χ4n) is 2.86. The van der Waals surface area contributed by atoms with Crippen molar-refractivity contribution in [2.75, 3.05) is 19.7 Å². The predicted molar refractivity (Wildman–Crippen MR) is 90.8 cm³/mol. The summed E-state index contributed by atoms with van der Waals surface area (Å²) >= 11 is 0. The van der Waals surface area contributed by atoms with Crippen molar-refractivity contribution < 1.29 is 9.26 Å². The van der Waals surface area contributed by atoms with E-state index in [0.29, 0.717) is 36.4 Å². The van der Waals surface area contributed by atoms with E-state index in [9.17, 15) is 0 Å². The van der Waals surface area contributed by atoms with E-state index in [1.165, 1.54) is 0 Å².